The number of imidazole rings is 1. The molecule has 1 aromatic rings. The number of ether oxygens (including phenoxy) is 3. The number of carbonyl (C=O) groups is 8. The van der Waals surface area contributed by atoms with Gasteiger partial charge in [-0.25, -0.2) is 19.4 Å². The topological polar surface area (TPSA) is 326 Å². The molecule has 1 aromatic heterocycles. The van der Waals surface area contributed by atoms with Crippen LogP contribution in [0.4, 0.5) is 4.79 Å². The maximum atomic E-state index is 13.3. The number of nitrogens with one attached hydrogen (secondary N) is 7. The molecule has 59 heavy (non-hydrogen) atoms. The summed E-state index contributed by atoms with van der Waals surface area (Å²) in [5, 5.41) is 43.0. The summed E-state index contributed by atoms with van der Waals surface area (Å²) < 4.78 is 16.2. The summed E-state index contributed by atoms with van der Waals surface area (Å²) in [6.45, 7) is 4.66. The first-order valence-corrected chi connectivity index (χ1v) is 19.8. The summed E-state index contributed by atoms with van der Waals surface area (Å²) in [6.07, 6.45) is 5.61. The quantitative estimate of drug-likeness (QED) is 0.0413. The van der Waals surface area contributed by atoms with Gasteiger partial charge in [0, 0.05) is 63.6 Å². The minimum atomic E-state index is -1.52. The van der Waals surface area contributed by atoms with E-state index in [1.165, 1.54) is 13.3 Å². The van der Waals surface area contributed by atoms with E-state index in [4.69, 9.17) is 19.3 Å². The minimum Gasteiger partial charge on any atom is -0.481 e. The number of amides is 6. The highest BCUT2D eigenvalue weighted by Crippen LogP contribution is 2.28. The van der Waals surface area contributed by atoms with Gasteiger partial charge in [-0.05, 0) is 57.3 Å². The lowest BCUT2D eigenvalue weighted by atomic mass is 9.81. The molecular weight excluding hydrogens is 780 g/mol. The maximum absolute atomic E-state index is 13.3. The van der Waals surface area contributed by atoms with Crippen LogP contribution in [-0.4, -0.2) is 150 Å². The van der Waals surface area contributed by atoms with Crippen molar-refractivity contribution in [1.82, 2.24) is 41.9 Å². The summed E-state index contributed by atoms with van der Waals surface area (Å²) in [6, 6.07) is -4.89. The third-order valence-electron chi connectivity index (χ3n) is 9.33. The summed E-state index contributed by atoms with van der Waals surface area (Å²) in [5.41, 5.74) is 0.628. The fourth-order valence-electron chi connectivity index (χ4n) is 6.05. The zero-order valence-corrected chi connectivity index (χ0v) is 33.5. The number of aliphatic carboxylic acids is 3. The Hall–Kier alpha value is -5.35. The second kappa shape index (κ2) is 29.0. The summed E-state index contributed by atoms with van der Waals surface area (Å²) in [5.74, 6) is -5.14. The highest BCUT2D eigenvalue weighted by molar-refractivity contribution is 5.89. The summed E-state index contributed by atoms with van der Waals surface area (Å²) >= 11 is 0. The van der Waals surface area contributed by atoms with E-state index >= 15 is 0 Å². The number of hydrogen-bond donors (Lipinski definition) is 10. The lowest BCUT2D eigenvalue weighted by Crippen LogP contribution is -2.51. The van der Waals surface area contributed by atoms with Gasteiger partial charge < -0.3 is 66.4 Å². The first-order valence-electron chi connectivity index (χ1n) is 19.8. The molecule has 6 amide bonds. The van der Waals surface area contributed by atoms with E-state index in [1.807, 2.05) is 0 Å². The van der Waals surface area contributed by atoms with E-state index in [-0.39, 0.29) is 74.8 Å². The van der Waals surface area contributed by atoms with Crippen molar-refractivity contribution in [3.63, 3.8) is 0 Å². The van der Waals surface area contributed by atoms with E-state index in [1.54, 1.807) is 6.20 Å². The first-order chi connectivity index (χ1) is 28.2. The van der Waals surface area contributed by atoms with Gasteiger partial charge in [0.25, 0.3) is 0 Å². The lowest BCUT2D eigenvalue weighted by molar-refractivity contribution is -0.141. The van der Waals surface area contributed by atoms with Gasteiger partial charge in [-0.15, -0.1) is 0 Å². The molecule has 2 rings (SSSR count). The number of hydrogen-bond acceptors (Lipinski definition) is 12. The third-order valence-corrected chi connectivity index (χ3v) is 9.33. The minimum absolute atomic E-state index is 0.0427. The van der Waals surface area contributed by atoms with Crippen LogP contribution in [0.25, 0.3) is 0 Å². The summed E-state index contributed by atoms with van der Waals surface area (Å²) in [4.78, 5) is 103. The Morgan fingerprint density at radius 1 is 0.729 bits per heavy atom. The molecule has 0 spiro atoms. The van der Waals surface area contributed by atoms with Crippen LogP contribution < -0.4 is 31.9 Å². The van der Waals surface area contributed by atoms with Crippen LogP contribution in [0.1, 0.15) is 76.8 Å². The van der Waals surface area contributed by atoms with Gasteiger partial charge in [-0.3, -0.25) is 24.0 Å². The van der Waals surface area contributed by atoms with Gasteiger partial charge in [0.1, 0.15) is 18.1 Å². The average Bonchev–Trinajstić information content (AvgIpc) is 3.71. The molecule has 22 heteroatoms. The molecule has 1 aliphatic rings. The molecule has 1 heterocycles. The number of urea groups is 1. The second-order valence-corrected chi connectivity index (χ2v) is 14.1. The molecule has 1 aliphatic carbocycles. The van der Waals surface area contributed by atoms with E-state index < -0.39 is 54.4 Å². The molecule has 1 fully saturated rings. The number of aromatic nitrogens is 2. The number of carbonyl (C=O) groups excluding carboxylic acids is 5. The van der Waals surface area contributed by atoms with Crippen molar-refractivity contribution in [2.24, 2.45) is 11.8 Å². The Labute approximate surface area is 342 Å². The normalized spacial score (nSPS) is 16.4. The molecule has 0 aliphatic heterocycles. The van der Waals surface area contributed by atoms with Crippen LogP contribution in [0.15, 0.2) is 12.5 Å². The van der Waals surface area contributed by atoms with Crippen LogP contribution >= 0.6 is 0 Å². The average molecular weight is 841 g/mol. The fourth-order valence-corrected chi connectivity index (χ4v) is 6.05. The van der Waals surface area contributed by atoms with Crippen molar-refractivity contribution < 1.29 is 67.9 Å². The zero-order valence-electron chi connectivity index (χ0n) is 33.5. The van der Waals surface area contributed by atoms with Crippen molar-refractivity contribution in [2.45, 2.75) is 95.7 Å². The van der Waals surface area contributed by atoms with E-state index in [0.29, 0.717) is 71.1 Å². The zero-order chi connectivity index (χ0) is 43.4. The van der Waals surface area contributed by atoms with Crippen LogP contribution in [0.5, 0.6) is 0 Å². The number of rotatable bonds is 31. The van der Waals surface area contributed by atoms with Crippen molar-refractivity contribution in [3.05, 3.63) is 18.2 Å². The van der Waals surface area contributed by atoms with Crippen molar-refractivity contribution in [2.75, 3.05) is 59.3 Å². The number of aromatic amines is 1. The smallest absolute Gasteiger partial charge is 0.326 e. The molecule has 1 saturated carbocycles. The van der Waals surface area contributed by atoms with Gasteiger partial charge in [0.05, 0.1) is 46.0 Å². The Balaban J connectivity index is 1.68. The maximum Gasteiger partial charge on any atom is 0.326 e. The molecule has 0 aromatic carbocycles. The van der Waals surface area contributed by atoms with Gasteiger partial charge >= 0.3 is 23.9 Å². The lowest BCUT2D eigenvalue weighted by Gasteiger charge is -2.29. The van der Waals surface area contributed by atoms with Crippen LogP contribution in [0, 0.1) is 11.8 Å². The second-order valence-electron chi connectivity index (χ2n) is 14.1. The Bertz CT molecular complexity index is 1470. The summed E-state index contributed by atoms with van der Waals surface area (Å²) in [7, 11) is 0. The molecule has 0 saturated heterocycles. The molecular formula is C37H60N8O14. The highest BCUT2D eigenvalue weighted by atomic mass is 16.5. The first kappa shape index (κ1) is 49.8. The van der Waals surface area contributed by atoms with Gasteiger partial charge in [-0.1, -0.05) is 0 Å². The Morgan fingerprint density at radius 2 is 1.36 bits per heavy atom. The number of nitrogens with zero attached hydrogens (tertiary/aromatic N) is 1. The van der Waals surface area contributed by atoms with E-state index in [2.05, 4.69) is 41.9 Å². The SMILES string of the molecule is CC(=O)NCCOCCOCCOCCC(=O)NCC1CCC(C(=O)N[C@@H](Cc2cnc[nH]2)C(=O)NCCCC[C@H](NC(=O)N[C@@H](CCC(=O)O)C(=O)O)C(=O)O)CC1. The largest absolute Gasteiger partial charge is 0.481 e. The third kappa shape index (κ3) is 23.0. The van der Waals surface area contributed by atoms with E-state index in [0.717, 1.165) is 12.8 Å². The fraction of sp³-hybridized carbons (Fsp3) is 0.703. The predicted octanol–water partition coefficient (Wildman–Crippen LogP) is -0.707. The van der Waals surface area contributed by atoms with Crippen LogP contribution in [-0.2, 0) is 54.2 Å². The van der Waals surface area contributed by atoms with Crippen molar-refractivity contribution in [3.8, 4) is 0 Å². The molecule has 10 N–H and O–H groups in total. The molecule has 0 radical (unpaired) electrons. The predicted molar refractivity (Wildman–Crippen MR) is 207 cm³/mol. The van der Waals surface area contributed by atoms with Gasteiger partial charge in [0.2, 0.25) is 23.6 Å². The number of H-pyrrole nitrogens is 1. The molecule has 0 bridgehead atoms. The monoisotopic (exact) mass is 840 g/mol. The molecule has 22 nitrogen and oxygen atoms in total. The van der Waals surface area contributed by atoms with Crippen molar-refractivity contribution in [1.29, 1.82) is 0 Å². The van der Waals surface area contributed by atoms with Gasteiger partial charge in [-0.2, -0.15) is 0 Å². The van der Waals surface area contributed by atoms with Crippen LogP contribution in [0.2, 0.25) is 0 Å². The van der Waals surface area contributed by atoms with Gasteiger partial charge in [0.15, 0.2) is 0 Å². The Morgan fingerprint density at radius 3 is 1.95 bits per heavy atom. The van der Waals surface area contributed by atoms with E-state index in [9.17, 15) is 48.6 Å². The molecule has 3 atom stereocenters. The Kier molecular flexibility index (Phi) is 24.4. The van der Waals surface area contributed by atoms with Crippen molar-refractivity contribution >= 4 is 47.6 Å². The number of unbranched alkanes of at least 4 members (excludes halogenated alkanes) is 1. The number of carboxylic acids is 3. The molecule has 332 valence electrons. The number of carboxylic acid groups (broad SMARTS) is 3. The van der Waals surface area contributed by atoms with Crippen LogP contribution in [0.3, 0.4) is 0 Å². The highest BCUT2D eigenvalue weighted by Gasteiger charge is 2.30. The standard InChI is InChI=1S/C37H60N8O14/c1-24(46)39-13-15-58-17-19-59-18-16-57-14-11-31(47)41-21-25-5-7-26(8-6-25)33(50)43-30(20-27-22-38-23-42-27)34(51)40-12-3-2-4-28(35(52)53)44-37(56)45-29(36(54)55)9-10-32(48)49/h22-23,25-26,28-30H,2-21H2,1H3,(H,38,42)(H,39,46)(H,40,51)(H,41,47)(H,43,50)(H,48,49)(H,52,53)(H,54,55)(H2,44,45,56)/t25?,26?,28-,29-,30-/m0/s1. The molecule has 0 unspecified atom stereocenters.